The van der Waals surface area contributed by atoms with Crippen LogP contribution in [0.25, 0.3) is 0 Å². The molecule has 0 radical (unpaired) electrons. The largest absolute Gasteiger partial charge is 0.383 e. The molecule has 1 heterocycles. The molecule has 1 aromatic heterocycles. The Hall–Kier alpha value is -3.56. The number of aryl methyl sites for hydroxylation is 1. The standard InChI is InChI=1S/C25H27N3O5S/c1-19-10-11-21(15-23(19)28(31)32)25(30)26(12-13-33-2)18-24(29)27(17-22-9-6-14-34-22)16-20-7-4-3-5-8-20/h3-11,14-15H,12-13,16-18H2,1-2H3. The van der Waals surface area contributed by atoms with Crippen molar-refractivity contribution < 1.29 is 19.2 Å². The number of carbonyl (C=O) groups is 2. The fraction of sp³-hybridized carbons (Fsp3) is 0.280. The monoisotopic (exact) mass is 481 g/mol. The Morgan fingerprint density at radius 2 is 1.79 bits per heavy atom. The number of hydrogen-bond donors (Lipinski definition) is 0. The minimum absolute atomic E-state index is 0.132. The summed E-state index contributed by atoms with van der Waals surface area (Å²) in [7, 11) is 1.51. The van der Waals surface area contributed by atoms with E-state index in [1.165, 1.54) is 18.1 Å². The first kappa shape index (κ1) is 25.1. The fourth-order valence-corrected chi connectivity index (χ4v) is 4.19. The zero-order valence-corrected chi connectivity index (χ0v) is 20.0. The summed E-state index contributed by atoms with van der Waals surface area (Å²) in [4.78, 5) is 41.6. The van der Waals surface area contributed by atoms with Gasteiger partial charge in [0.25, 0.3) is 11.6 Å². The molecule has 0 aliphatic rings. The molecular weight excluding hydrogens is 454 g/mol. The topological polar surface area (TPSA) is 93.0 Å². The smallest absolute Gasteiger partial charge is 0.273 e. The molecule has 0 N–H and O–H groups in total. The van der Waals surface area contributed by atoms with Crippen LogP contribution in [-0.4, -0.2) is 53.3 Å². The van der Waals surface area contributed by atoms with E-state index in [4.69, 9.17) is 4.74 Å². The summed E-state index contributed by atoms with van der Waals surface area (Å²) in [6.07, 6.45) is 0. The van der Waals surface area contributed by atoms with Gasteiger partial charge in [-0.3, -0.25) is 19.7 Å². The molecule has 0 saturated heterocycles. The zero-order chi connectivity index (χ0) is 24.5. The van der Waals surface area contributed by atoms with E-state index in [1.807, 2.05) is 47.8 Å². The second-order valence-electron chi connectivity index (χ2n) is 7.79. The summed E-state index contributed by atoms with van der Waals surface area (Å²) in [6, 6.07) is 17.9. The van der Waals surface area contributed by atoms with Crippen molar-refractivity contribution in [3.63, 3.8) is 0 Å². The van der Waals surface area contributed by atoms with E-state index in [0.717, 1.165) is 10.4 Å². The maximum Gasteiger partial charge on any atom is 0.273 e. The molecule has 0 fully saturated rings. The minimum Gasteiger partial charge on any atom is -0.383 e. The SMILES string of the molecule is COCCN(CC(=O)N(Cc1ccccc1)Cc1cccs1)C(=O)c1ccc(C)c([N+](=O)[O-])c1. The molecule has 9 heteroatoms. The molecule has 8 nitrogen and oxygen atoms in total. The number of nitro groups is 1. The number of methoxy groups -OCH3 is 1. The predicted molar refractivity (Wildman–Crippen MR) is 131 cm³/mol. The normalized spacial score (nSPS) is 10.6. The Morgan fingerprint density at radius 1 is 1.03 bits per heavy atom. The molecular formula is C25H27N3O5S. The van der Waals surface area contributed by atoms with Crippen LogP contribution in [0.5, 0.6) is 0 Å². The first-order chi connectivity index (χ1) is 16.4. The van der Waals surface area contributed by atoms with Crippen molar-refractivity contribution in [3.05, 3.63) is 97.7 Å². The second kappa shape index (κ2) is 12.1. The third-order valence-corrected chi connectivity index (χ3v) is 6.19. The summed E-state index contributed by atoms with van der Waals surface area (Å²) < 4.78 is 5.14. The van der Waals surface area contributed by atoms with Gasteiger partial charge in [0, 0.05) is 42.3 Å². The molecule has 2 amide bonds. The van der Waals surface area contributed by atoms with E-state index in [2.05, 4.69) is 0 Å². The van der Waals surface area contributed by atoms with Gasteiger partial charge in [0.05, 0.1) is 18.1 Å². The molecule has 0 spiro atoms. The van der Waals surface area contributed by atoms with Crippen molar-refractivity contribution in [2.75, 3.05) is 26.8 Å². The van der Waals surface area contributed by atoms with Gasteiger partial charge >= 0.3 is 0 Å². The number of rotatable bonds is 11. The zero-order valence-electron chi connectivity index (χ0n) is 19.2. The van der Waals surface area contributed by atoms with E-state index in [9.17, 15) is 19.7 Å². The molecule has 0 bridgehead atoms. The van der Waals surface area contributed by atoms with Gasteiger partial charge in [-0.05, 0) is 30.0 Å². The Labute approximate surface area is 202 Å². The van der Waals surface area contributed by atoms with E-state index >= 15 is 0 Å². The average Bonchev–Trinajstić information content (AvgIpc) is 3.34. The lowest BCUT2D eigenvalue weighted by Gasteiger charge is -2.27. The van der Waals surface area contributed by atoms with Crippen molar-refractivity contribution in [1.82, 2.24) is 9.80 Å². The number of nitro benzene ring substituents is 1. The second-order valence-corrected chi connectivity index (χ2v) is 8.82. The molecule has 0 atom stereocenters. The number of benzene rings is 2. The number of carbonyl (C=O) groups excluding carboxylic acids is 2. The van der Waals surface area contributed by atoms with Crippen molar-refractivity contribution in [3.8, 4) is 0 Å². The first-order valence-electron chi connectivity index (χ1n) is 10.8. The van der Waals surface area contributed by atoms with Gasteiger partial charge in [-0.1, -0.05) is 42.5 Å². The summed E-state index contributed by atoms with van der Waals surface area (Å²) in [5.41, 5.74) is 1.48. The molecule has 0 saturated carbocycles. The lowest BCUT2D eigenvalue weighted by molar-refractivity contribution is -0.385. The van der Waals surface area contributed by atoms with E-state index in [0.29, 0.717) is 18.7 Å². The van der Waals surface area contributed by atoms with Crippen molar-refractivity contribution in [2.45, 2.75) is 20.0 Å². The van der Waals surface area contributed by atoms with Crippen LogP contribution in [0.4, 0.5) is 5.69 Å². The van der Waals surface area contributed by atoms with Crippen LogP contribution >= 0.6 is 11.3 Å². The molecule has 3 aromatic rings. The van der Waals surface area contributed by atoms with Gasteiger partial charge in [0.2, 0.25) is 5.91 Å². The molecule has 2 aromatic carbocycles. The van der Waals surface area contributed by atoms with Gasteiger partial charge in [-0.2, -0.15) is 0 Å². The number of nitrogens with zero attached hydrogens (tertiary/aromatic N) is 3. The highest BCUT2D eigenvalue weighted by atomic mass is 32.1. The van der Waals surface area contributed by atoms with Gasteiger partial charge in [-0.25, -0.2) is 0 Å². The summed E-state index contributed by atoms with van der Waals surface area (Å²) in [5.74, 6) is -0.674. The Kier molecular flexibility index (Phi) is 8.89. The summed E-state index contributed by atoms with van der Waals surface area (Å²) >= 11 is 1.56. The Bertz CT molecular complexity index is 1120. The first-order valence-corrected chi connectivity index (χ1v) is 11.6. The average molecular weight is 482 g/mol. The maximum atomic E-state index is 13.4. The highest BCUT2D eigenvalue weighted by molar-refractivity contribution is 7.09. The van der Waals surface area contributed by atoms with Gasteiger partial charge in [0.15, 0.2) is 0 Å². The van der Waals surface area contributed by atoms with Crippen molar-refractivity contribution in [2.24, 2.45) is 0 Å². The molecule has 0 unspecified atom stereocenters. The van der Waals surface area contributed by atoms with Crippen LogP contribution in [0.3, 0.4) is 0 Å². The van der Waals surface area contributed by atoms with Crippen LogP contribution in [0.1, 0.15) is 26.4 Å². The van der Waals surface area contributed by atoms with Crippen LogP contribution in [0.15, 0.2) is 66.0 Å². The van der Waals surface area contributed by atoms with Gasteiger partial charge in [0.1, 0.15) is 6.54 Å². The van der Waals surface area contributed by atoms with Crippen molar-refractivity contribution in [1.29, 1.82) is 0 Å². The molecule has 0 aliphatic heterocycles. The third-order valence-electron chi connectivity index (χ3n) is 5.33. The maximum absolute atomic E-state index is 13.4. The third kappa shape index (κ3) is 6.72. The van der Waals surface area contributed by atoms with Crippen LogP contribution < -0.4 is 0 Å². The summed E-state index contributed by atoms with van der Waals surface area (Å²) in [6.45, 7) is 2.69. The highest BCUT2D eigenvalue weighted by Crippen LogP contribution is 2.21. The van der Waals surface area contributed by atoms with Gasteiger partial charge in [-0.15, -0.1) is 11.3 Å². The number of hydrogen-bond acceptors (Lipinski definition) is 6. The van der Waals surface area contributed by atoms with E-state index in [-0.39, 0.29) is 36.9 Å². The predicted octanol–water partition coefficient (Wildman–Crippen LogP) is 4.28. The summed E-state index contributed by atoms with van der Waals surface area (Å²) in [5, 5.41) is 13.3. The number of ether oxygens (including phenoxy) is 1. The van der Waals surface area contributed by atoms with E-state index in [1.54, 1.807) is 35.3 Å². The van der Waals surface area contributed by atoms with Crippen molar-refractivity contribution >= 4 is 28.8 Å². The lowest BCUT2D eigenvalue weighted by atomic mass is 10.1. The van der Waals surface area contributed by atoms with Gasteiger partial charge < -0.3 is 14.5 Å². The highest BCUT2D eigenvalue weighted by Gasteiger charge is 2.24. The Balaban J connectivity index is 1.83. The quantitative estimate of drug-likeness (QED) is 0.301. The number of amides is 2. The molecule has 0 aliphatic carbocycles. The van der Waals surface area contributed by atoms with Crippen LogP contribution in [-0.2, 0) is 22.6 Å². The lowest BCUT2D eigenvalue weighted by Crippen LogP contribution is -2.43. The molecule has 178 valence electrons. The number of thiophene rings is 1. The molecule has 34 heavy (non-hydrogen) atoms. The van der Waals surface area contributed by atoms with Crippen LogP contribution in [0.2, 0.25) is 0 Å². The molecule has 3 rings (SSSR count). The minimum atomic E-state index is -0.515. The van der Waals surface area contributed by atoms with E-state index < -0.39 is 10.8 Å². The Morgan fingerprint density at radius 3 is 2.44 bits per heavy atom. The fourth-order valence-electron chi connectivity index (χ4n) is 3.47. The van der Waals surface area contributed by atoms with Crippen LogP contribution in [0, 0.1) is 17.0 Å².